The molecule has 0 aromatic heterocycles. The SMILES string of the molecule is c1ccc(C2(c3ccc(-c4ccc5c(c4)C4(c6cc7ccccc7cc6O5)c5ccccc5-c5ccccc54)cc3)c3ccccc3-c3ccc4ccccc4c32)cc1. The zero-order chi connectivity index (χ0) is 38.7. The summed E-state index contributed by atoms with van der Waals surface area (Å²) >= 11 is 0. The van der Waals surface area contributed by atoms with Gasteiger partial charge in [-0.3, -0.25) is 0 Å². The van der Waals surface area contributed by atoms with Crippen LogP contribution in [0.5, 0.6) is 11.5 Å². The standard InChI is InChI=1S/C58H36O/c1-2-17-42(18-3-1)57(49-23-11-10-22-47(49)48-32-28-38-14-6-7-19-44(38)56(48)57)43-30-26-37(27-31-43)41-29-33-54-52(35-41)58(53-34-39-15-4-5-16-40(39)36-55(53)59-54)50-24-12-8-20-45(50)46-21-9-13-25-51(46)58/h1-36H. The second-order valence-corrected chi connectivity index (χ2v) is 16.3. The van der Waals surface area contributed by atoms with E-state index in [0.717, 1.165) is 17.1 Å². The molecule has 1 atom stereocenters. The molecule has 0 saturated carbocycles. The molecule has 13 rings (SSSR count). The first kappa shape index (κ1) is 32.6. The van der Waals surface area contributed by atoms with Crippen LogP contribution in [0.2, 0.25) is 0 Å². The zero-order valence-corrected chi connectivity index (χ0v) is 32.2. The van der Waals surface area contributed by atoms with Gasteiger partial charge in [-0.25, -0.2) is 0 Å². The van der Waals surface area contributed by atoms with Crippen LogP contribution in [0.1, 0.15) is 44.5 Å². The number of fused-ring (bicyclic) bond motifs is 15. The fraction of sp³-hybridized carbons (Fsp3) is 0.0345. The van der Waals surface area contributed by atoms with E-state index in [-0.39, 0.29) is 0 Å². The minimum absolute atomic E-state index is 0.496. The van der Waals surface area contributed by atoms with Crippen LogP contribution in [0.25, 0.3) is 54.9 Å². The van der Waals surface area contributed by atoms with Crippen molar-refractivity contribution >= 4 is 21.5 Å². The van der Waals surface area contributed by atoms with Gasteiger partial charge < -0.3 is 4.74 Å². The maximum Gasteiger partial charge on any atom is 0.132 e. The first-order valence-corrected chi connectivity index (χ1v) is 20.6. The summed E-state index contributed by atoms with van der Waals surface area (Å²) in [6.07, 6.45) is 0. The van der Waals surface area contributed by atoms with Crippen LogP contribution < -0.4 is 4.74 Å². The number of rotatable bonds is 3. The van der Waals surface area contributed by atoms with E-state index in [2.05, 4.69) is 218 Å². The number of hydrogen-bond donors (Lipinski definition) is 0. The summed E-state index contributed by atoms with van der Waals surface area (Å²) in [5, 5.41) is 4.93. The van der Waals surface area contributed by atoms with Gasteiger partial charge in [-0.15, -0.1) is 0 Å². The molecule has 0 N–H and O–H groups in total. The van der Waals surface area contributed by atoms with Crippen LogP contribution >= 0.6 is 0 Å². The van der Waals surface area contributed by atoms with Gasteiger partial charge in [-0.2, -0.15) is 0 Å². The van der Waals surface area contributed by atoms with E-state index in [4.69, 9.17) is 4.74 Å². The van der Waals surface area contributed by atoms with Crippen LogP contribution in [0, 0.1) is 0 Å². The Kier molecular flexibility index (Phi) is 6.64. The highest BCUT2D eigenvalue weighted by Gasteiger charge is 2.51. The maximum absolute atomic E-state index is 6.94. The van der Waals surface area contributed by atoms with Gasteiger partial charge >= 0.3 is 0 Å². The molecule has 1 heterocycles. The van der Waals surface area contributed by atoms with Crippen molar-refractivity contribution in [1.29, 1.82) is 0 Å². The van der Waals surface area contributed by atoms with Crippen LogP contribution in [0.3, 0.4) is 0 Å². The molecule has 3 aliphatic rings. The molecule has 0 bridgehead atoms. The lowest BCUT2D eigenvalue weighted by molar-refractivity contribution is 0.437. The summed E-state index contributed by atoms with van der Waals surface area (Å²) in [6.45, 7) is 0. The third-order valence-corrected chi connectivity index (χ3v) is 13.6. The normalized spacial score (nSPS) is 16.1. The molecule has 1 aliphatic heterocycles. The van der Waals surface area contributed by atoms with Gasteiger partial charge in [-0.1, -0.05) is 194 Å². The van der Waals surface area contributed by atoms with Gasteiger partial charge in [-0.05, 0) is 113 Å². The molecule has 59 heavy (non-hydrogen) atoms. The molecular formula is C58H36O. The molecular weight excluding hydrogens is 713 g/mol. The van der Waals surface area contributed by atoms with Gasteiger partial charge in [0.05, 0.1) is 10.8 Å². The third kappa shape index (κ3) is 4.24. The number of hydrogen-bond acceptors (Lipinski definition) is 1. The lowest BCUT2D eigenvalue weighted by Crippen LogP contribution is -2.32. The lowest BCUT2D eigenvalue weighted by atomic mass is 9.65. The van der Waals surface area contributed by atoms with Gasteiger partial charge in [0, 0.05) is 11.1 Å². The van der Waals surface area contributed by atoms with E-state index < -0.39 is 10.8 Å². The Labute approximate surface area is 343 Å². The fourth-order valence-corrected chi connectivity index (χ4v) is 11.2. The third-order valence-electron chi connectivity index (χ3n) is 13.6. The minimum Gasteiger partial charge on any atom is -0.457 e. The highest BCUT2D eigenvalue weighted by atomic mass is 16.5. The average molecular weight is 749 g/mol. The summed E-state index contributed by atoms with van der Waals surface area (Å²) in [6, 6.07) is 81.0. The minimum atomic E-state index is -0.550. The predicted octanol–water partition coefficient (Wildman–Crippen LogP) is 14.5. The van der Waals surface area contributed by atoms with E-state index >= 15 is 0 Å². The number of benzene rings is 10. The Morgan fingerprint density at radius 2 is 0.814 bits per heavy atom. The van der Waals surface area contributed by atoms with Crippen LogP contribution in [-0.2, 0) is 10.8 Å². The Hall–Kier alpha value is -7.48. The highest BCUT2D eigenvalue weighted by Crippen LogP contribution is 2.63. The topological polar surface area (TPSA) is 9.23 Å². The molecule has 1 nitrogen and oxygen atoms in total. The fourth-order valence-electron chi connectivity index (χ4n) is 11.2. The van der Waals surface area contributed by atoms with E-state index in [1.807, 2.05) is 0 Å². The molecule has 1 unspecified atom stereocenters. The summed E-state index contributed by atoms with van der Waals surface area (Å²) in [7, 11) is 0. The smallest absolute Gasteiger partial charge is 0.132 e. The summed E-state index contributed by atoms with van der Waals surface area (Å²) in [5.41, 5.74) is 16.6. The van der Waals surface area contributed by atoms with Gasteiger partial charge in [0.15, 0.2) is 0 Å². The molecule has 2 aliphatic carbocycles. The van der Waals surface area contributed by atoms with Gasteiger partial charge in [0.25, 0.3) is 0 Å². The van der Waals surface area contributed by atoms with Crippen molar-refractivity contribution in [3.8, 4) is 44.9 Å². The van der Waals surface area contributed by atoms with Crippen molar-refractivity contribution in [3.63, 3.8) is 0 Å². The van der Waals surface area contributed by atoms with E-state index in [1.54, 1.807) is 0 Å². The Bertz CT molecular complexity index is 3310. The van der Waals surface area contributed by atoms with Gasteiger partial charge in [0.2, 0.25) is 0 Å². The first-order chi connectivity index (χ1) is 29.2. The van der Waals surface area contributed by atoms with Crippen molar-refractivity contribution in [2.45, 2.75) is 10.8 Å². The quantitative estimate of drug-likeness (QED) is 0.175. The van der Waals surface area contributed by atoms with Crippen LogP contribution in [-0.4, -0.2) is 0 Å². The van der Waals surface area contributed by atoms with Crippen molar-refractivity contribution < 1.29 is 4.74 Å². The zero-order valence-electron chi connectivity index (χ0n) is 32.2. The van der Waals surface area contributed by atoms with Crippen LogP contribution in [0.4, 0.5) is 0 Å². The molecule has 0 amide bonds. The predicted molar refractivity (Wildman–Crippen MR) is 242 cm³/mol. The monoisotopic (exact) mass is 748 g/mol. The second-order valence-electron chi connectivity index (χ2n) is 16.3. The van der Waals surface area contributed by atoms with Crippen LogP contribution in [0.15, 0.2) is 218 Å². The maximum atomic E-state index is 6.94. The average Bonchev–Trinajstić information content (AvgIpc) is 3.78. The Morgan fingerprint density at radius 1 is 0.288 bits per heavy atom. The van der Waals surface area contributed by atoms with Crippen molar-refractivity contribution in [3.05, 3.63) is 263 Å². The summed E-state index contributed by atoms with van der Waals surface area (Å²) in [5.74, 6) is 1.81. The molecule has 1 spiro atoms. The molecule has 0 fully saturated rings. The Balaban J connectivity index is 1.04. The molecule has 10 aromatic rings. The number of ether oxygens (including phenoxy) is 1. The summed E-state index contributed by atoms with van der Waals surface area (Å²) < 4.78 is 6.94. The lowest BCUT2D eigenvalue weighted by Gasteiger charge is -2.40. The van der Waals surface area contributed by atoms with Crippen molar-refractivity contribution in [1.82, 2.24) is 0 Å². The van der Waals surface area contributed by atoms with Gasteiger partial charge in [0.1, 0.15) is 11.5 Å². The molecule has 274 valence electrons. The summed E-state index contributed by atoms with van der Waals surface area (Å²) in [4.78, 5) is 0. The van der Waals surface area contributed by atoms with E-state index in [0.29, 0.717) is 0 Å². The van der Waals surface area contributed by atoms with Crippen molar-refractivity contribution in [2.24, 2.45) is 0 Å². The molecule has 1 heteroatoms. The second kappa shape index (κ2) is 12.0. The van der Waals surface area contributed by atoms with E-state index in [1.165, 1.54) is 93.9 Å². The highest BCUT2D eigenvalue weighted by molar-refractivity contribution is 6.00. The van der Waals surface area contributed by atoms with E-state index in [9.17, 15) is 0 Å². The van der Waals surface area contributed by atoms with Crippen molar-refractivity contribution in [2.75, 3.05) is 0 Å². The molecule has 10 aromatic carbocycles. The Morgan fingerprint density at radius 3 is 1.53 bits per heavy atom. The molecule has 0 radical (unpaired) electrons. The first-order valence-electron chi connectivity index (χ1n) is 20.6. The molecule has 0 saturated heterocycles. The largest absolute Gasteiger partial charge is 0.457 e.